The second kappa shape index (κ2) is 10.7. The number of aliphatic imine (C=N–C) groups is 1. The molecule has 0 saturated heterocycles. The van der Waals surface area contributed by atoms with Crippen molar-refractivity contribution in [3.63, 3.8) is 0 Å². The Morgan fingerprint density at radius 1 is 1.26 bits per heavy atom. The molecule has 0 fully saturated rings. The summed E-state index contributed by atoms with van der Waals surface area (Å²) in [7, 11) is 1.70. The summed E-state index contributed by atoms with van der Waals surface area (Å²) in [5.41, 5.74) is 2.23. The van der Waals surface area contributed by atoms with E-state index >= 15 is 0 Å². The van der Waals surface area contributed by atoms with Crippen molar-refractivity contribution in [2.24, 2.45) is 4.99 Å². The van der Waals surface area contributed by atoms with E-state index in [9.17, 15) is 4.79 Å². The molecule has 1 amide bonds. The quantitative estimate of drug-likeness (QED) is 0.540. The highest BCUT2D eigenvalue weighted by Crippen LogP contribution is 2.17. The van der Waals surface area contributed by atoms with Gasteiger partial charge in [0.15, 0.2) is 5.96 Å². The van der Waals surface area contributed by atoms with Crippen molar-refractivity contribution < 1.29 is 4.79 Å². The number of aromatic nitrogens is 1. The number of likely N-dealkylation sites (N-methyl/N-ethyl adjacent to an activating group) is 1. The fourth-order valence-electron chi connectivity index (χ4n) is 2.50. The second-order valence-electron chi connectivity index (χ2n) is 6.49. The third-order valence-corrected chi connectivity index (χ3v) is 5.02. The van der Waals surface area contributed by atoms with Gasteiger partial charge in [0.05, 0.1) is 18.8 Å². The van der Waals surface area contributed by atoms with Gasteiger partial charge in [-0.15, -0.1) is 11.3 Å². The normalized spacial score (nSPS) is 11.5. The number of rotatable bonds is 8. The summed E-state index contributed by atoms with van der Waals surface area (Å²) < 4.78 is 0. The molecule has 0 unspecified atom stereocenters. The number of carbonyl (C=O) groups is 1. The Morgan fingerprint density at radius 2 is 2.00 bits per heavy atom. The lowest BCUT2D eigenvalue weighted by Gasteiger charge is -2.22. The van der Waals surface area contributed by atoms with E-state index in [0.29, 0.717) is 31.5 Å². The van der Waals surface area contributed by atoms with Crippen LogP contribution in [0, 0.1) is 0 Å². The summed E-state index contributed by atoms with van der Waals surface area (Å²) in [6.45, 7) is 8.32. The highest BCUT2D eigenvalue weighted by Gasteiger charge is 2.13. The highest BCUT2D eigenvalue weighted by atomic mass is 32.1. The number of hydrogen-bond acceptors (Lipinski definition) is 4. The number of hydrogen-bond donors (Lipinski definition) is 2. The predicted molar refractivity (Wildman–Crippen MR) is 112 cm³/mol. The monoisotopic (exact) mass is 387 g/mol. The van der Waals surface area contributed by atoms with Gasteiger partial charge in [0.25, 0.3) is 0 Å². The van der Waals surface area contributed by atoms with Crippen LogP contribution in [0.4, 0.5) is 0 Å². The van der Waals surface area contributed by atoms with Crippen LogP contribution >= 0.6 is 11.3 Å². The molecule has 0 bridgehead atoms. The first-order chi connectivity index (χ1) is 13.0. The third kappa shape index (κ3) is 6.67. The fourth-order valence-corrected chi connectivity index (χ4v) is 3.40. The number of thiazole rings is 1. The van der Waals surface area contributed by atoms with Crippen LogP contribution in [0.2, 0.25) is 0 Å². The molecule has 1 heterocycles. The van der Waals surface area contributed by atoms with Crippen molar-refractivity contribution in [3.05, 3.63) is 52.0 Å². The molecule has 0 saturated carbocycles. The first-order valence-electron chi connectivity index (χ1n) is 9.24. The average molecular weight is 388 g/mol. The highest BCUT2D eigenvalue weighted by molar-refractivity contribution is 7.09. The van der Waals surface area contributed by atoms with Crippen LogP contribution in [0.5, 0.6) is 0 Å². The standard InChI is InChI=1S/C20H29N5OS/c1-5-25(13-16-9-7-6-8-10-16)19(26)12-23-20(21-4)22-11-18-24-17(14-27-18)15(2)3/h6-10,14-15H,5,11-13H2,1-4H3,(H2,21,22,23). The lowest BCUT2D eigenvalue weighted by atomic mass is 10.2. The lowest BCUT2D eigenvalue weighted by Crippen LogP contribution is -2.44. The minimum atomic E-state index is 0.0423. The zero-order valence-corrected chi connectivity index (χ0v) is 17.3. The van der Waals surface area contributed by atoms with Gasteiger partial charge < -0.3 is 15.5 Å². The van der Waals surface area contributed by atoms with E-state index < -0.39 is 0 Å². The van der Waals surface area contributed by atoms with E-state index in [2.05, 4.69) is 39.8 Å². The van der Waals surface area contributed by atoms with Gasteiger partial charge in [0.1, 0.15) is 5.01 Å². The van der Waals surface area contributed by atoms with Crippen LogP contribution in [0.3, 0.4) is 0 Å². The van der Waals surface area contributed by atoms with Crippen LogP contribution in [0.1, 0.15) is 43.0 Å². The molecule has 0 aliphatic carbocycles. The molecular weight excluding hydrogens is 358 g/mol. The molecule has 0 aliphatic heterocycles. The molecule has 146 valence electrons. The Labute approximate surface area is 165 Å². The van der Waals surface area contributed by atoms with E-state index in [-0.39, 0.29) is 12.5 Å². The molecular formula is C20H29N5OS. The summed E-state index contributed by atoms with van der Waals surface area (Å²) in [5, 5.41) is 9.40. The number of guanidine groups is 1. The number of amides is 1. The van der Waals surface area contributed by atoms with Crippen molar-refractivity contribution >= 4 is 23.2 Å². The molecule has 2 N–H and O–H groups in total. The number of nitrogens with zero attached hydrogens (tertiary/aromatic N) is 3. The topological polar surface area (TPSA) is 69.6 Å². The lowest BCUT2D eigenvalue weighted by molar-refractivity contribution is -0.130. The molecule has 0 spiro atoms. The van der Waals surface area contributed by atoms with Gasteiger partial charge in [-0.2, -0.15) is 0 Å². The number of benzene rings is 1. The Hall–Kier alpha value is -2.41. The molecule has 2 aromatic rings. The van der Waals surface area contributed by atoms with Gasteiger partial charge in [-0.3, -0.25) is 9.79 Å². The maximum absolute atomic E-state index is 12.5. The van der Waals surface area contributed by atoms with Gasteiger partial charge in [-0.05, 0) is 18.4 Å². The third-order valence-electron chi connectivity index (χ3n) is 4.15. The van der Waals surface area contributed by atoms with Crippen molar-refractivity contribution in [1.29, 1.82) is 0 Å². The van der Waals surface area contributed by atoms with E-state index in [0.717, 1.165) is 16.3 Å². The first kappa shape index (κ1) is 20.9. The Kier molecular flexibility index (Phi) is 8.26. The Balaban J connectivity index is 1.82. The number of carbonyl (C=O) groups excluding carboxylic acids is 1. The van der Waals surface area contributed by atoms with E-state index in [1.165, 1.54) is 0 Å². The molecule has 2 rings (SSSR count). The van der Waals surface area contributed by atoms with Crippen LogP contribution < -0.4 is 10.6 Å². The molecule has 6 nitrogen and oxygen atoms in total. The van der Waals surface area contributed by atoms with Gasteiger partial charge in [0, 0.05) is 25.5 Å². The second-order valence-corrected chi connectivity index (χ2v) is 7.44. The van der Waals surface area contributed by atoms with Gasteiger partial charge in [-0.1, -0.05) is 44.2 Å². The fraction of sp³-hybridized carbons (Fsp3) is 0.450. The summed E-state index contributed by atoms with van der Waals surface area (Å²) in [6.07, 6.45) is 0. The van der Waals surface area contributed by atoms with Crippen LogP contribution in [-0.2, 0) is 17.9 Å². The maximum Gasteiger partial charge on any atom is 0.242 e. The van der Waals surface area contributed by atoms with Crippen LogP contribution in [0.15, 0.2) is 40.7 Å². The van der Waals surface area contributed by atoms with Crippen molar-refractivity contribution in [2.45, 2.75) is 39.8 Å². The first-order valence-corrected chi connectivity index (χ1v) is 10.1. The van der Waals surface area contributed by atoms with Gasteiger partial charge >= 0.3 is 0 Å². The molecule has 1 aromatic carbocycles. The van der Waals surface area contributed by atoms with Crippen molar-refractivity contribution in [3.8, 4) is 0 Å². The zero-order chi connectivity index (χ0) is 19.6. The zero-order valence-electron chi connectivity index (χ0n) is 16.5. The number of nitrogens with one attached hydrogen (secondary N) is 2. The Morgan fingerprint density at radius 3 is 2.59 bits per heavy atom. The van der Waals surface area contributed by atoms with Gasteiger partial charge in [-0.25, -0.2) is 4.98 Å². The summed E-state index contributed by atoms with van der Waals surface area (Å²) >= 11 is 1.63. The van der Waals surface area contributed by atoms with E-state index in [4.69, 9.17) is 0 Å². The molecule has 7 heteroatoms. The summed E-state index contributed by atoms with van der Waals surface area (Å²) in [6, 6.07) is 10.0. The average Bonchev–Trinajstić information content (AvgIpc) is 3.16. The van der Waals surface area contributed by atoms with E-state index in [1.54, 1.807) is 18.4 Å². The van der Waals surface area contributed by atoms with Crippen molar-refractivity contribution in [2.75, 3.05) is 20.1 Å². The minimum absolute atomic E-state index is 0.0423. The maximum atomic E-state index is 12.5. The van der Waals surface area contributed by atoms with Crippen LogP contribution in [-0.4, -0.2) is 41.9 Å². The van der Waals surface area contributed by atoms with Crippen LogP contribution in [0.25, 0.3) is 0 Å². The molecule has 0 aliphatic rings. The molecule has 0 atom stereocenters. The summed E-state index contributed by atoms with van der Waals surface area (Å²) in [4.78, 5) is 23.1. The van der Waals surface area contributed by atoms with Gasteiger partial charge in [0.2, 0.25) is 5.91 Å². The largest absolute Gasteiger partial charge is 0.350 e. The Bertz CT molecular complexity index is 742. The predicted octanol–water partition coefficient (Wildman–Crippen LogP) is 2.98. The molecule has 0 radical (unpaired) electrons. The van der Waals surface area contributed by atoms with E-state index in [1.807, 2.05) is 42.2 Å². The molecule has 27 heavy (non-hydrogen) atoms. The smallest absolute Gasteiger partial charge is 0.242 e. The molecule has 1 aromatic heterocycles. The SMILES string of the molecule is CCN(Cc1ccccc1)C(=O)CNC(=NC)NCc1nc(C(C)C)cs1. The van der Waals surface area contributed by atoms with Crippen molar-refractivity contribution in [1.82, 2.24) is 20.5 Å². The minimum Gasteiger partial charge on any atom is -0.350 e. The summed E-state index contributed by atoms with van der Waals surface area (Å²) in [5.74, 6) is 1.07.